The molecule has 0 aromatic heterocycles. The molecule has 4 nitrogen and oxygen atoms in total. The van der Waals surface area contributed by atoms with Crippen molar-refractivity contribution in [2.45, 2.75) is 13.8 Å². The Kier molecular flexibility index (Phi) is 3.28. The number of fused-ring (bicyclic) bond motifs is 6. The van der Waals surface area contributed by atoms with Gasteiger partial charge in [-0.1, -0.05) is 47.5 Å². The van der Waals surface area contributed by atoms with Gasteiger partial charge < -0.3 is 0 Å². The smallest absolute Gasteiger partial charge is 0.263 e. The van der Waals surface area contributed by atoms with Crippen molar-refractivity contribution >= 4 is 35.4 Å². The van der Waals surface area contributed by atoms with Crippen LogP contribution in [0.15, 0.2) is 72.1 Å². The molecule has 30 heavy (non-hydrogen) atoms. The van der Waals surface area contributed by atoms with Crippen LogP contribution in [0.25, 0.3) is 23.5 Å². The summed E-state index contributed by atoms with van der Waals surface area (Å²) in [6.07, 6.45) is 11.2. The molecule has 6 rings (SSSR count). The molecule has 2 aromatic carbocycles. The Morgan fingerprint density at radius 1 is 0.633 bits per heavy atom. The van der Waals surface area contributed by atoms with Crippen LogP contribution >= 0.6 is 0 Å². The highest BCUT2D eigenvalue weighted by Crippen LogP contribution is 2.41. The van der Waals surface area contributed by atoms with Gasteiger partial charge in [-0.3, -0.25) is 19.4 Å². The number of carbonyl (C=O) groups is 2. The zero-order valence-electron chi connectivity index (χ0n) is 16.6. The SMILES string of the molecule is Cc1ccc2c(c1)C=CN1C(=O)C(=C3C=C4c5ccc(C)cc5C=CN4C3=O)C=C21. The van der Waals surface area contributed by atoms with Crippen molar-refractivity contribution in [1.29, 1.82) is 0 Å². The number of carbonyl (C=O) groups excluding carboxylic acids is 2. The maximum absolute atomic E-state index is 13.2. The molecule has 4 aliphatic rings. The Bertz CT molecular complexity index is 1250. The van der Waals surface area contributed by atoms with Gasteiger partial charge in [-0.2, -0.15) is 0 Å². The highest BCUT2D eigenvalue weighted by Gasteiger charge is 2.38. The maximum Gasteiger partial charge on any atom is 0.263 e. The first-order valence-electron chi connectivity index (χ1n) is 9.94. The molecule has 4 heteroatoms. The van der Waals surface area contributed by atoms with Crippen molar-refractivity contribution in [2.24, 2.45) is 0 Å². The van der Waals surface area contributed by atoms with Crippen LogP contribution in [-0.4, -0.2) is 21.6 Å². The third kappa shape index (κ3) is 2.22. The minimum atomic E-state index is -0.166. The Hall–Kier alpha value is -3.92. The van der Waals surface area contributed by atoms with E-state index >= 15 is 0 Å². The minimum absolute atomic E-state index is 0.166. The van der Waals surface area contributed by atoms with Crippen LogP contribution in [0.4, 0.5) is 0 Å². The second-order valence-electron chi connectivity index (χ2n) is 8.05. The minimum Gasteiger partial charge on any atom is -0.283 e. The van der Waals surface area contributed by atoms with E-state index in [4.69, 9.17) is 0 Å². The van der Waals surface area contributed by atoms with Crippen LogP contribution in [0.5, 0.6) is 0 Å². The van der Waals surface area contributed by atoms with E-state index in [0.717, 1.165) is 33.6 Å². The lowest BCUT2D eigenvalue weighted by molar-refractivity contribution is -0.123. The van der Waals surface area contributed by atoms with E-state index in [9.17, 15) is 9.59 Å². The van der Waals surface area contributed by atoms with Crippen LogP contribution in [-0.2, 0) is 9.59 Å². The van der Waals surface area contributed by atoms with Crippen LogP contribution in [0, 0.1) is 13.8 Å². The number of aryl methyl sites for hydroxylation is 2. The van der Waals surface area contributed by atoms with Gasteiger partial charge in [0, 0.05) is 23.5 Å². The van der Waals surface area contributed by atoms with E-state index in [2.05, 4.69) is 26.0 Å². The Morgan fingerprint density at radius 2 is 1.07 bits per heavy atom. The molecule has 4 aliphatic heterocycles. The highest BCUT2D eigenvalue weighted by atomic mass is 16.2. The lowest BCUT2D eigenvalue weighted by atomic mass is 9.98. The molecule has 0 radical (unpaired) electrons. The molecule has 0 aliphatic carbocycles. The lowest BCUT2D eigenvalue weighted by Gasteiger charge is -2.22. The summed E-state index contributed by atoms with van der Waals surface area (Å²) in [5.41, 5.74) is 9.04. The lowest BCUT2D eigenvalue weighted by Crippen LogP contribution is -2.25. The highest BCUT2D eigenvalue weighted by molar-refractivity contribution is 6.20. The molecule has 4 heterocycles. The van der Waals surface area contributed by atoms with Crippen molar-refractivity contribution in [3.63, 3.8) is 0 Å². The standard InChI is InChI=1S/C26H18N2O2/c1-15-3-5-19-17(11-15)7-9-27-23(19)13-21(25(27)29)22-14-24-20-6-4-16(2)12-18(20)8-10-28(24)26(22)30/h3-14H,1-2H3. The van der Waals surface area contributed by atoms with Crippen LogP contribution in [0.2, 0.25) is 0 Å². The quantitative estimate of drug-likeness (QED) is 0.615. The molecule has 144 valence electrons. The van der Waals surface area contributed by atoms with Crippen molar-refractivity contribution in [1.82, 2.24) is 9.80 Å². The van der Waals surface area contributed by atoms with Gasteiger partial charge >= 0.3 is 0 Å². The van der Waals surface area contributed by atoms with Gasteiger partial charge in [0.2, 0.25) is 0 Å². The molecule has 0 fully saturated rings. The van der Waals surface area contributed by atoms with Crippen molar-refractivity contribution in [3.8, 4) is 0 Å². The number of amides is 2. The predicted molar refractivity (Wildman–Crippen MR) is 117 cm³/mol. The van der Waals surface area contributed by atoms with Gasteiger partial charge in [-0.25, -0.2) is 0 Å². The predicted octanol–water partition coefficient (Wildman–Crippen LogP) is 4.64. The second-order valence-corrected chi connectivity index (χ2v) is 8.05. The van der Waals surface area contributed by atoms with Gasteiger partial charge in [0.25, 0.3) is 11.8 Å². The summed E-state index contributed by atoms with van der Waals surface area (Å²) in [7, 11) is 0. The normalized spacial score (nSPS) is 20.7. The first-order chi connectivity index (χ1) is 14.5. The molecule has 0 atom stereocenters. The third-order valence-corrected chi connectivity index (χ3v) is 6.04. The van der Waals surface area contributed by atoms with Crippen LogP contribution in [0.3, 0.4) is 0 Å². The third-order valence-electron chi connectivity index (χ3n) is 6.04. The number of benzene rings is 2. The molecule has 2 aromatic rings. The Labute approximate surface area is 174 Å². The van der Waals surface area contributed by atoms with Gasteiger partial charge in [0.05, 0.1) is 22.5 Å². The van der Waals surface area contributed by atoms with E-state index < -0.39 is 0 Å². The summed E-state index contributed by atoms with van der Waals surface area (Å²) in [6.45, 7) is 4.10. The topological polar surface area (TPSA) is 40.6 Å². The van der Waals surface area contributed by atoms with E-state index in [0.29, 0.717) is 11.1 Å². The first-order valence-corrected chi connectivity index (χ1v) is 9.94. The summed E-state index contributed by atoms with van der Waals surface area (Å²) >= 11 is 0. The number of nitrogens with zero attached hydrogens (tertiary/aromatic N) is 2. The molecule has 0 saturated carbocycles. The fourth-order valence-corrected chi connectivity index (χ4v) is 4.53. The van der Waals surface area contributed by atoms with Gasteiger partial charge in [-0.05, 0) is 49.3 Å². The van der Waals surface area contributed by atoms with E-state index in [1.165, 1.54) is 11.1 Å². The summed E-state index contributed by atoms with van der Waals surface area (Å²) in [5, 5.41) is 0. The van der Waals surface area contributed by atoms with Gasteiger partial charge in [0.1, 0.15) is 0 Å². The zero-order chi connectivity index (χ0) is 20.6. The van der Waals surface area contributed by atoms with Gasteiger partial charge in [0.15, 0.2) is 0 Å². The van der Waals surface area contributed by atoms with E-state index in [-0.39, 0.29) is 11.8 Å². The number of rotatable bonds is 0. The van der Waals surface area contributed by atoms with E-state index in [1.54, 1.807) is 22.2 Å². The fourth-order valence-electron chi connectivity index (χ4n) is 4.53. The van der Waals surface area contributed by atoms with Crippen molar-refractivity contribution in [3.05, 3.63) is 105 Å². The second kappa shape index (κ2) is 5.80. The van der Waals surface area contributed by atoms with Crippen molar-refractivity contribution in [2.75, 3.05) is 0 Å². The molecule has 2 amide bonds. The molecule has 0 spiro atoms. The maximum atomic E-state index is 13.2. The average molecular weight is 390 g/mol. The molecule has 0 bridgehead atoms. The molecule has 0 saturated heterocycles. The van der Waals surface area contributed by atoms with Crippen LogP contribution < -0.4 is 0 Å². The van der Waals surface area contributed by atoms with E-state index in [1.807, 2.05) is 48.6 Å². The average Bonchev–Trinajstić information content (AvgIpc) is 3.24. The molecule has 0 N–H and O–H groups in total. The summed E-state index contributed by atoms with van der Waals surface area (Å²) in [4.78, 5) is 29.7. The molecular formula is C26H18N2O2. The Balaban J connectivity index is 1.52. The van der Waals surface area contributed by atoms with Gasteiger partial charge in [-0.15, -0.1) is 0 Å². The molecule has 0 unspecified atom stereocenters. The fraction of sp³-hybridized carbons (Fsp3) is 0.0769. The number of hydrogen-bond acceptors (Lipinski definition) is 2. The number of hydrogen-bond donors (Lipinski definition) is 0. The first kappa shape index (κ1) is 17.0. The summed E-state index contributed by atoms with van der Waals surface area (Å²) in [6, 6.07) is 12.4. The monoisotopic (exact) mass is 390 g/mol. The van der Waals surface area contributed by atoms with Crippen molar-refractivity contribution < 1.29 is 9.59 Å². The molecular weight excluding hydrogens is 372 g/mol. The van der Waals surface area contributed by atoms with Crippen LogP contribution in [0.1, 0.15) is 33.4 Å². The summed E-state index contributed by atoms with van der Waals surface area (Å²) < 4.78 is 0. The largest absolute Gasteiger partial charge is 0.283 e. The zero-order valence-corrected chi connectivity index (χ0v) is 16.6. The summed E-state index contributed by atoms with van der Waals surface area (Å²) in [5.74, 6) is -0.332. The Morgan fingerprint density at radius 3 is 1.50 bits per heavy atom.